The van der Waals surface area contributed by atoms with Crippen molar-refractivity contribution in [3.05, 3.63) is 0 Å². The van der Waals surface area contributed by atoms with Crippen LogP contribution in [0.3, 0.4) is 0 Å². The van der Waals surface area contributed by atoms with Crippen molar-refractivity contribution in [3.8, 4) is 0 Å². The smallest absolute Gasteiger partial charge is 0.0747 e. The van der Waals surface area contributed by atoms with Crippen molar-refractivity contribution in [2.24, 2.45) is 5.73 Å². The quantitative estimate of drug-likeness (QED) is 0.818. The van der Waals surface area contributed by atoms with Gasteiger partial charge in [0.25, 0.3) is 0 Å². The van der Waals surface area contributed by atoms with Crippen LogP contribution in [0.1, 0.15) is 51.9 Å². The van der Waals surface area contributed by atoms with E-state index in [4.69, 9.17) is 10.5 Å². The predicted octanol–water partition coefficient (Wildman–Crippen LogP) is 2.15. The molecule has 1 aliphatic heterocycles. The fraction of sp³-hybridized carbons (Fsp3) is 1.00. The summed E-state index contributed by atoms with van der Waals surface area (Å²) in [6, 6.07) is 1.15. The Hall–Kier alpha value is -0.120. The SMILES string of the molecule is CC1CCC(C(CN)N(C)C2CCCCC2)O1. The van der Waals surface area contributed by atoms with E-state index in [2.05, 4.69) is 18.9 Å². The van der Waals surface area contributed by atoms with Crippen LogP contribution in [0.2, 0.25) is 0 Å². The zero-order valence-corrected chi connectivity index (χ0v) is 11.4. The van der Waals surface area contributed by atoms with Crippen molar-refractivity contribution in [1.82, 2.24) is 4.90 Å². The summed E-state index contributed by atoms with van der Waals surface area (Å²) in [6.45, 7) is 2.90. The molecule has 3 atom stereocenters. The molecule has 2 aliphatic rings. The molecule has 2 rings (SSSR count). The number of likely N-dealkylation sites (N-methyl/N-ethyl adjacent to an activating group) is 1. The average Bonchev–Trinajstić information content (AvgIpc) is 2.78. The molecular weight excluding hydrogens is 212 g/mol. The molecule has 1 aliphatic carbocycles. The number of ether oxygens (including phenoxy) is 1. The number of hydrogen-bond donors (Lipinski definition) is 1. The van der Waals surface area contributed by atoms with Crippen LogP contribution < -0.4 is 5.73 Å². The molecule has 17 heavy (non-hydrogen) atoms. The first-order valence-electron chi connectivity index (χ1n) is 7.30. The van der Waals surface area contributed by atoms with Crippen molar-refractivity contribution in [1.29, 1.82) is 0 Å². The normalized spacial score (nSPS) is 33.2. The molecule has 2 fully saturated rings. The third-order valence-electron chi connectivity index (χ3n) is 4.61. The van der Waals surface area contributed by atoms with E-state index in [-0.39, 0.29) is 0 Å². The summed E-state index contributed by atoms with van der Waals surface area (Å²) < 4.78 is 6.00. The predicted molar refractivity (Wildman–Crippen MR) is 71.0 cm³/mol. The Labute approximate surface area is 106 Å². The van der Waals surface area contributed by atoms with E-state index in [1.54, 1.807) is 0 Å². The molecule has 1 saturated carbocycles. The van der Waals surface area contributed by atoms with E-state index in [1.807, 2.05) is 0 Å². The molecule has 0 aromatic carbocycles. The minimum atomic E-state index is 0.363. The molecular formula is C14H28N2O. The molecule has 100 valence electrons. The lowest BCUT2D eigenvalue weighted by Crippen LogP contribution is -2.51. The summed E-state index contributed by atoms with van der Waals surface area (Å²) in [5.41, 5.74) is 5.98. The molecule has 0 amide bonds. The second-order valence-corrected chi connectivity index (χ2v) is 5.82. The first-order valence-corrected chi connectivity index (χ1v) is 7.30. The number of nitrogens with two attached hydrogens (primary N) is 1. The summed E-state index contributed by atoms with van der Waals surface area (Å²) in [7, 11) is 2.25. The maximum absolute atomic E-state index is 6.00. The Morgan fingerprint density at radius 1 is 1.18 bits per heavy atom. The maximum Gasteiger partial charge on any atom is 0.0747 e. The third kappa shape index (κ3) is 3.21. The monoisotopic (exact) mass is 240 g/mol. The summed E-state index contributed by atoms with van der Waals surface area (Å²) in [6.07, 6.45) is 10.0. The Morgan fingerprint density at radius 3 is 2.41 bits per heavy atom. The molecule has 2 N–H and O–H groups in total. The lowest BCUT2D eigenvalue weighted by atomic mass is 9.92. The van der Waals surface area contributed by atoms with Gasteiger partial charge in [0.2, 0.25) is 0 Å². The van der Waals surface area contributed by atoms with Gasteiger partial charge in [-0.25, -0.2) is 0 Å². The second kappa shape index (κ2) is 6.17. The minimum Gasteiger partial charge on any atom is -0.374 e. The van der Waals surface area contributed by atoms with Crippen LogP contribution in [-0.2, 0) is 4.74 Å². The summed E-state index contributed by atoms with van der Waals surface area (Å²) in [5.74, 6) is 0. The van der Waals surface area contributed by atoms with Crippen LogP contribution in [0, 0.1) is 0 Å². The van der Waals surface area contributed by atoms with Crippen molar-refractivity contribution in [2.45, 2.75) is 76.2 Å². The summed E-state index contributed by atoms with van der Waals surface area (Å²) in [5, 5.41) is 0. The first-order chi connectivity index (χ1) is 8.22. The first kappa shape index (κ1) is 13.3. The van der Waals surface area contributed by atoms with Crippen LogP contribution in [0.5, 0.6) is 0 Å². The standard InChI is InChI=1S/C14H28N2O/c1-11-8-9-14(17-11)13(10-15)16(2)12-6-4-3-5-7-12/h11-14H,3-10,15H2,1-2H3. The zero-order valence-electron chi connectivity index (χ0n) is 11.4. The van der Waals surface area contributed by atoms with Gasteiger partial charge >= 0.3 is 0 Å². The number of rotatable bonds is 4. The Kier molecular flexibility index (Phi) is 4.83. The Bertz CT molecular complexity index is 228. The molecule has 0 radical (unpaired) electrons. The van der Waals surface area contributed by atoms with E-state index in [9.17, 15) is 0 Å². The molecule has 0 aromatic heterocycles. The summed E-state index contributed by atoms with van der Waals surface area (Å²) >= 11 is 0. The number of nitrogens with zero attached hydrogens (tertiary/aromatic N) is 1. The molecule has 1 saturated heterocycles. The van der Waals surface area contributed by atoms with Gasteiger partial charge in [0.05, 0.1) is 12.2 Å². The lowest BCUT2D eigenvalue weighted by molar-refractivity contribution is -0.0131. The fourth-order valence-corrected chi connectivity index (χ4v) is 3.46. The van der Waals surface area contributed by atoms with Gasteiger partial charge in [-0.2, -0.15) is 0 Å². The summed E-state index contributed by atoms with van der Waals surface area (Å²) in [4.78, 5) is 2.52. The lowest BCUT2D eigenvalue weighted by Gasteiger charge is -2.39. The highest BCUT2D eigenvalue weighted by Gasteiger charge is 2.34. The van der Waals surface area contributed by atoms with E-state index in [0.717, 1.165) is 12.6 Å². The maximum atomic E-state index is 6.00. The van der Waals surface area contributed by atoms with Gasteiger partial charge in [-0.1, -0.05) is 19.3 Å². The third-order valence-corrected chi connectivity index (χ3v) is 4.61. The van der Waals surface area contributed by atoms with Crippen molar-refractivity contribution < 1.29 is 4.74 Å². The van der Waals surface area contributed by atoms with E-state index in [1.165, 1.54) is 44.9 Å². The molecule has 3 unspecified atom stereocenters. The molecule has 3 nitrogen and oxygen atoms in total. The van der Waals surface area contributed by atoms with Crippen molar-refractivity contribution in [2.75, 3.05) is 13.6 Å². The molecule has 1 heterocycles. The van der Waals surface area contributed by atoms with Crippen LogP contribution in [0.4, 0.5) is 0 Å². The Morgan fingerprint density at radius 2 is 1.88 bits per heavy atom. The van der Waals surface area contributed by atoms with Crippen LogP contribution in [0.15, 0.2) is 0 Å². The van der Waals surface area contributed by atoms with Gasteiger partial charge in [0.15, 0.2) is 0 Å². The van der Waals surface area contributed by atoms with E-state index in [0.29, 0.717) is 18.2 Å². The molecule has 0 aromatic rings. The fourth-order valence-electron chi connectivity index (χ4n) is 3.46. The Balaban J connectivity index is 1.91. The largest absolute Gasteiger partial charge is 0.374 e. The van der Waals surface area contributed by atoms with Gasteiger partial charge in [-0.05, 0) is 39.7 Å². The average molecular weight is 240 g/mol. The highest BCUT2D eigenvalue weighted by atomic mass is 16.5. The topological polar surface area (TPSA) is 38.5 Å². The van der Waals surface area contributed by atoms with E-state index >= 15 is 0 Å². The van der Waals surface area contributed by atoms with Gasteiger partial charge in [0, 0.05) is 18.6 Å². The van der Waals surface area contributed by atoms with Gasteiger partial charge in [-0.15, -0.1) is 0 Å². The highest BCUT2D eigenvalue weighted by molar-refractivity contribution is 4.88. The van der Waals surface area contributed by atoms with Crippen LogP contribution >= 0.6 is 0 Å². The molecule has 3 heteroatoms. The van der Waals surface area contributed by atoms with Crippen LogP contribution in [-0.4, -0.2) is 42.8 Å². The van der Waals surface area contributed by atoms with Crippen molar-refractivity contribution >= 4 is 0 Å². The minimum absolute atomic E-state index is 0.363. The van der Waals surface area contributed by atoms with Gasteiger partial charge < -0.3 is 10.5 Å². The van der Waals surface area contributed by atoms with Crippen LogP contribution in [0.25, 0.3) is 0 Å². The molecule has 0 bridgehead atoms. The van der Waals surface area contributed by atoms with Gasteiger partial charge in [-0.3, -0.25) is 4.90 Å². The second-order valence-electron chi connectivity index (χ2n) is 5.82. The molecule has 0 spiro atoms. The van der Waals surface area contributed by atoms with E-state index < -0.39 is 0 Å². The van der Waals surface area contributed by atoms with Gasteiger partial charge in [0.1, 0.15) is 0 Å². The van der Waals surface area contributed by atoms with Crippen molar-refractivity contribution in [3.63, 3.8) is 0 Å². The number of hydrogen-bond acceptors (Lipinski definition) is 3. The highest BCUT2D eigenvalue weighted by Crippen LogP contribution is 2.28. The zero-order chi connectivity index (χ0) is 12.3.